The maximum absolute atomic E-state index is 3.50. The second kappa shape index (κ2) is 9.15. The second-order valence-electron chi connectivity index (χ2n) is 5.96. The molecule has 2 nitrogen and oxygen atoms in total. The van der Waals surface area contributed by atoms with E-state index < -0.39 is 0 Å². The Bertz CT molecular complexity index is 348. The Balaban J connectivity index is 2.77. The molecule has 0 saturated heterocycles. The van der Waals surface area contributed by atoms with E-state index in [0.717, 1.165) is 0 Å². The molecule has 0 saturated carbocycles. The third-order valence-electron chi connectivity index (χ3n) is 4.16. The lowest BCUT2D eigenvalue weighted by molar-refractivity contribution is 0.131. The Morgan fingerprint density at radius 2 is 1.70 bits per heavy atom. The van der Waals surface area contributed by atoms with Crippen LogP contribution in [0.3, 0.4) is 0 Å². The van der Waals surface area contributed by atoms with Gasteiger partial charge in [-0.3, -0.25) is 4.90 Å². The second-order valence-corrected chi connectivity index (χ2v) is 5.96. The van der Waals surface area contributed by atoms with E-state index in [1.807, 2.05) is 0 Å². The van der Waals surface area contributed by atoms with Crippen LogP contribution < -0.4 is 5.32 Å². The van der Waals surface area contributed by atoms with Gasteiger partial charge in [0, 0.05) is 18.1 Å². The minimum absolute atomic E-state index is 0.389. The maximum atomic E-state index is 3.50. The maximum Gasteiger partial charge on any atom is 0.0473 e. The quantitative estimate of drug-likeness (QED) is 0.679. The molecular formula is C18H32N2. The Morgan fingerprint density at radius 1 is 1.05 bits per heavy atom. The lowest BCUT2D eigenvalue weighted by Crippen LogP contribution is -2.46. The normalized spacial score (nSPS) is 14.8. The fourth-order valence-corrected chi connectivity index (χ4v) is 3.01. The van der Waals surface area contributed by atoms with Gasteiger partial charge in [0.1, 0.15) is 0 Å². The molecule has 0 amide bonds. The first kappa shape index (κ1) is 17.2. The summed E-state index contributed by atoms with van der Waals surface area (Å²) in [5, 5.41) is 3.50. The van der Waals surface area contributed by atoms with E-state index in [2.05, 4.69) is 75.3 Å². The van der Waals surface area contributed by atoms with Gasteiger partial charge in [-0.05, 0) is 46.3 Å². The SMILES string of the molecule is CCCCCN(C(C)C)C(C)C(NC)c1ccccc1. The highest BCUT2D eigenvalue weighted by Gasteiger charge is 2.25. The predicted molar refractivity (Wildman–Crippen MR) is 89.1 cm³/mol. The molecule has 0 radical (unpaired) electrons. The van der Waals surface area contributed by atoms with Crippen molar-refractivity contribution in [2.75, 3.05) is 13.6 Å². The van der Waals surface area contributed by atoms with Crippen LogP contribution in [-0.2, 0) is 0 Å². The van der Waals surface area contributed by atoms with E-state index in [1.54, 1.807) is 0 Å². The zero-order chi connectivity index (χ0) is 15.0. The van der Waals surface area contributed by atoms with Gasteiger partial charge < -0.3 is 5.32 Å². The number of hydrogen-bond acceptors (Lipinski definition) is 2. The molecule has 0 heterocycles. The van der Waals surface area contributed by atoms with Gasteiger partial charge in [0.05, 0.1) is 0 Å². The molecule has 0 aromatic heterocycles. The number of likely N-dealkylation sites (N-methyl/N-ethyl adjacent to an activating group) is 1. The van der Waals surface area contributed by atoms with Crippen molar-refractivity contribution >= 4 is 0 Å². The van der Waals surface area contributed by atoms with Crippen LogP contribution in [0.15, 0.2) is 30.3 Å². The van der Waals surface area contributed by atoms with Gasteiger partial charge in [-0.25, -0.2) is 0 Å². The van der Waals surface area contributed by atoms with E-state index >= 15 is 0 Å². The van der Waals surface area contributed by atoms with Crippen molar-refractivity contribution in [3.05, 3.63) is 35.9 Å². The van der Waals surface area contributed by atoms with E-state index in [-0.39, 0.29) is 0 Å². The van der Waals surface area contributed by atoms with Crippen LogP contribution in [0.4, 0.5) is 0 Å². The molecule has 1 aromatic carbocycles. The first-order valence-corrected chi connectivity index (χ1v) is 8.09. The van der Waals surface area contributed by atoms with E-state index in [1.165, 1.54) is 31.4 Å². The number of nitrogens with zero attached hydrogens (tertiary/aromatic N) is 1. The van der Waals surface area contributed by atoms with Crippen LogP contribution in [0, 0.1) is 0 Å². The molecule has 1 aromatic rings. The first-order valence-electron chi connectivity index (χ1n) is 8.09. The van der Waals surface area contributed by atoms with Gasteiger partial charge in [0.25, 0.3) is 0 Å². The van der Waals surface area contributed by atoms with Gasteiger partial charge in [0.15, 0.2) is 0 Å². The van der Waals surface area contributed by atoms with Crippen LogP contribution in [0.2, 0.25) is 0 Å². The van der Waals surface area contributed by atoms with Crippen LogP contribution in [0.25, 0.3) is 0 Å². The van der Waals surface area contributed by atoms with Crippen molar-refractivity contribution in [3.8, 4) is 0 Å². The average Bonchev–Trinajstić information content (AvgIpc) is 2.45. The monoisotopic (exact) mass is 276 g/mol. The highest BCUT2D eigenvalue weighted by atomic mass is 15.2. The highest BCUT2D eigenvalue weighted by molar-refractivity contribution is 5.20. The summed E-state index contributed by atoms with van der Waals surface area (Å²) in [6.45, 7) is 10.4. The summed E-state index contributed by atoms with van der Waals surface area (Å²) in [5.41, 5.74) is 1.38. The molecule has 0 aliphatic heterocycles. The molecule has 1 rings (SSSR count). The van der Waals surface area contributed by atoms with Crippen LogP contribution >= 0.6 is 0 Å². The van der Waals surface area contributed by atoms with E-state index in [0.29, 0.717) is 18.1 Å². The topological polar surface area (TPSA) is 15.3 Å². The summed E-state index contributed by atoms with van der Waals surface area (Å²) >= 11 is 0. The van der Waals surface area contributed by atoms with Crippen molar-refractivity contribution in [1.82, 2.24) is 10.2 Å². The Hall–Kier alpha value is -0.860. The zero-order valence-electron chi connectivity index (χ0n) is 13.9. The molecule has 2 atom stereocenters. The van der Waals surface area contributed by atoms with Crippen LogP contribution in [0.5, 0.6) is 0 Å². The first-order chi connectivity index (χ1) is 9.61. The molecule has 2 heteroatoms. The number of hydrogen-bond donors (Lipinski definition) is 1. The van der Waals surface area contributed by atoms with Gasteiger partial charge in [-0.1, -0.05) is 50.1 Å². The van der Waals surface area contributed by atoms with Crippen molar-refractivity contribution in [3.63, 3.8) is 0 Å². The number of rotatable bonds is 9. The molecule has 1 N–H and O–H groups in total. The van der Waals surface area contributed by atoms with Crippen molar-refractivity contribution in [2.24, 2.45) is 0 Å². The molecule has 0 aliphatic carbocycles. The van der Waals surface area contributed by atoms with Gasteiger partial charge in [-0.2, -0.15) is 0 Å². The van der Waals surface area contributed by atoms with Crippen LogP contribution in [0.1, 0.15) is 58.6 Å². The largest absolute Gasteiger partial charge is 0.312 e. The molecule has 2 unspecified atom stereocenters. The van der Waals surface area contributed by atoms with Crippen LogP contribution in [-0.4, -0.2) is 30.6 Å². The standard InChI is InChI=1S/C18H32N2/c1-6-7-11-14-20(15(2)3)16(4)18(19-5)17-12-9-8-10-13-17/h8-10,12-13,15-16,18-19H,6-7,11,14H2,1-5H3. The summed E-state index contributed by atoms with van der Waals surface area (Å²) in [7, 11) is 2.07. The Labute approximate surface area is 125 Å². The lowest BCUT2D eigenvalue weighted by Gasteiger charge is -2.38. The molecule has 0 aliphatic rings. The molecule has 114 valence electrons. The lowest BCUT2D eigenvalue weighted by atomic mass is 9.98. The van der Waals surface area contributed by atoms with E-state index in [4.69, 9.17) is 0 Å². The zero-order valence-corrected chi connectivity index (χ0v) is 13.9. The van der Waals surface area contributed by atoms with E-state index in [9.17, 15) is 0 Å². The third kappa shape index (κ3) is 4.92. The minimum atomic E-state index is 0.389. The Morgan fingerprint density at radius 3 is 2.20 bits per heavy atom. The summed E-state index contributed by atoms with van der Waals surface area (Å²) in [6, 6.07) is 12.3. The fourth-order valence-electron chi connectivity index (χ4n) is 3.01. The van der Waals surface area contributed by atoms with Crippen molar-refractivity contribution < 1.29 is 0 Å². The van der Waals surface area contributed by atoms with Gasteiger partial charge >= 0.3 is 0 Å². The molecule has 0 fully saturated rings. The smallest absolute Gasteiger partial charge is 0.0473 e. The minimum Gasteiger partial charge on any atom is -0.312 e. The number of nitrogens with one attached hydrogen (secondary N) is 1. The van der Waals surface area contributed by atoms with Gasteiger partial charge in [0.2, 0.25) is 0 Å². The highest BCUT2D eigenvalue weighted by Crippen LogP contribution is 2.22. The summed E-state index contributed by atoms with van der Waals surface area (Å²) in [4.78, 5) is 2.63. The van der Waals surface area contributed by atoms with Crippen molar-refractivity contribution in [1.29, 1.82) is 0 Å². The summed E-state index contributed by atoms with van der Waals surface area (Å²) < 4.78 is 0. The number of unbranched alkanes of at least 4 members (excludes halogenated alkanes) is 2. The number of benzene rings is 1. The summed E-state index contributed by atoms with van der Waals surface area (Å²) in [6.07, 6.45) is 3.91. The average molecular weight is 276 g/mol. The molecule has 0 spiro atoms. The summed E-state index contributed by atoms with van der Waals surface area (Å²) in [5.74, 6) is 0. The third-order valence-corrected chi connectivity index (χ3v) is 4.16. The molecule has 0 bridgehead atoms. The Kier molecular flexibility index (Phi) is 7.86. The van der Waals surface area contributed by atoms with Crippen molar-refractivity contribution in [2.45, 2.75) is 65.1 Å². The molecular weight excluding hydrogens is 244 g/mol. The van der Waals surface area contributed by atoms with Gasteiger partial charge in [-0.15, -0.1) is 0 Å². The predicted octanol–water partition coefficient (Wildman–Crippen LogP) is 4.24. The molecule has 20 heavy (non-hydrogen) atoms. The fraction of sp³-hybridized carbons (Fsp3) is 0.667.